The topological polar surface area (TPSA) is 109 Å². The number of anilines is 2. The van der Waals surface area contributed by atoms with E-state index in [1.807, 2.05) is 45.9 Å². The summed E-state index contributed by atoms with van der Waals surface area (Å²) < 4.78 is 18.1. The number of carbonyl (C=O) groups excluding carboxylic acids is 1. The summed E-state index contributed by atoms with van der Waals surface area (Å²) in [6, 6.07) is 7.26. The maximum Gasteiger partial charge on any atom is 0.277 e. The van der Waals surface area contributed by atoms with Gasteiger partial charge in [-0.2, -0.15) is 0 Å². The minimum absolute atomic E-state index is 0.0804. The summed E-state index contributed by atoms with van der Waals surface area (Å²) in [4.78, 5) is 22.4. The molecule has 2 aromatic carbocycles. The number of nitrogens with zero attached hydrogens (tertiary/aromatic N) is 2. The van der Waals surface area contributed by atoms with Gasteiger partial charge in [-0.05, 0) is 69.4 Å². The van der Waals surface area contributed by atoms with Crippen molar-refractivity contribution in [3.63, 3.8) is 0 Å². The van der Waals surface area contributed by atoms with Crippen molar-refractivity contribution in [3.05, 3.63) is 52.0 Å². The summed E-state index contributed by atoms with van der Waals surface area (Å²) in [7, 11) is 1.00. The molecule has 0 unspecified atom stereocenters. The Hall–Kier alpha value is -2.53. The Morgan fingerprint density at radius 1 is 1.25 bits per heavy atom. The molecular weight excluding hydrogens is 531 g/mol. The average Bonchev–Trinajstić information content (AvgIpc) is 3.61. The van der Waals surface area contributed by atoms with Crippen LogP contribution in [-0.2, 0) is 11.4 Å². The summed E-state index contributed by atoms with van der Waals surface area (Å²) in [6.45, 7) is 10.9. The van der Waals surface area contributed by atoms with Gasteiger partial charge in [0.05, 0.1) is 29.7 Å². The fourth-order valence-electron chi connectivity index (χ4n) is 3.18. The number of aliphatic hydroxyl groups excluding tert-OH is 2. The van der Waals surface area contributed by atoms with Crippen LogP contribution >= 0.6 is 15.9 Å². The Morgan fingerprint density at radius 2 is 1.89 bits per heavy atom. The number of hydroxylamine groups is 1. The zero-order chi connectivity index (χ0) is 27.3. The first-order valence-corrected chi connectivity index (χ1v) is 12.9. The molecule has 0 saturated heterocycles. The van der Waals surface area contributed by atoms with Gasteiger partial charge in [-0.15, -0.1) is 0 Å². The molecule has 4 N–H and O–H groups in total. The van der Waals surface area contributed by atoms with Crippen molar-refractivity contribution < 1.29 is 24.2 Å². The first kappa shape index (κ1) is 31.5. The number of rotatable bonds is 7. The van der Waals surface area contributed by atoms with E-state index in [-0.39, 0.29) is 23.4 Å². The SMILES string of the molecule is CC.CCO.CCn1cnc2c(F)c(Nc3ccc(Br)cc3C)c(C(=O)NOCC3CC3)cc21.CO. The molecule has 0 spiro atoms. The minimum atomic E-state index is -0.565. The van der Waals surface area contributed by atoms with Gasteiger partial charge in [-0.25, -0.2) is 14.9 Å². The van der Waals surface area contributed by atoms with Crippen molar-refractivity contribution in [2.45, 2.75) is 54.0 Å². The second kappa shape index (κ2) is 16.3. The van der Waals surface area contributed by atoms with Crippen LogP contribution in [0.3, 0.4) is 0 Å². The first-order valence-electron chi connectivity index (χ1n) is 12.1. The van der Waals surface area contributed by atoms with Crippen molar-refractivity contribution in [2.24, 2.45) is 5.92 Å². The number of fused-ring (bicyclic) bond motifs is 1. The zero-order valence-electron chi connectivity index (χ0n) is 21.9. The molecule has 1 heterocycles. The van der Waals surface area contributed by atoms with E-state index in [9.17, 15) is 4.79 Å². The van der Waals surface area contributed by atoms with Gasteiger partial charge in [0.15, 0.2) is 5.82 Å². The third kappa shape index (κ3) is 8.55. The van der Waals surface area contributed by atoms with Crippen molar-refractivity contribution in [1.29, 1.82) is 0 Å². The van der Waals surface area contributed by atoms with E-state index < -0.39 is 11.7 Å². The van der Waals surface area contributed by atoms with Gasteiger partial charge in [0, 0.05) is 30.4 Å². The normalized spacial score (nSPS) is 11.8. The third-order valence-electron chi connectivity index (χ3n) is 5.07. The number of aliphatic hydroxyl groups is 2. The minimum Gasteiger partial charge on any atom is -0.400 e. The molecule has 1 aliphatic carbocycles. The molecular formula is C26H38BrFN4O4. The van der Waals surface area contributed by atoms with Crippen LogP contribution in [-0.4, -0.2) is 46.0 Å². The highest BCUT2D eigenvalue weighted by Crippen LogP contribution is 2.33. The smallest absolute Gasteiger partial charge is 0.277 e. The molecule has 1 amide bonds. The van der Waals surface area contributed by atoms with Crippen LogP contribution in [0.2, 0.25) is 0 Å². The number of aryl methyl sites for hydroxylation is 2. The molecule has 0 atom stereocenters. The van der Waals surface area contributed by atoms with Gasteiger partial charge in [0.2, 0.25) is 0 Å². The molecule has 1 fully saturated rings. The lowest BCUT2D eigenvalue weighted by Crippen LogP contribution is -2.26. The standard InChI is InChI=1S/C21H22BrFN4O2.C2H6O.C2H6.CH4O/c1-3-27-11-24-20-17(27)9-15(21(28)26-29-10-13-4-5-13)19(18(20)23)25-16-7-6-14(22)8-12(16)2;1-2-3;2*1-2/h6-9,11,13,25H,3-5,10H2,1-2H3,(H,26,28);3H,2H2,1H3;1-2H3;2H,1H3. The van der Waals surface area contributed by atoms with E-state index in [4.69, 9.17) is 15.1 Å². The van der Waals surface area contributed by atoms with Crippen LogP contribution < -0.4 is 10.8 Å². The molecule has 4 rings (SSSR count). The summed E-state index contributed by atoms with van der Waals surface area (Å²) in [5.41, 5.74) is 5.11. The predicted molar refractivity (Wildman–Crippen MR) is 146 cm³/mol. The maximum atomic E-state index is 15.4. The van der Waals surface area contributed by atoms with Crippen LogP contribution in [0.1, 0.15) is 56.5 Å². The van der Waals surface area contributed by atoms with Gasteiger partial charge in [0.25, 0.3) is 5.91 Å². The Kier molecular flexibility index (Phi) is 14.2. The van der Waals surface area contributed by atoms with Crippen LogP contribution in [0.4, 0.5) is 15.8 Å². The van der Waals surface area contributed by atoms with Crippen molar-refractivity contribution >= 4 is 44.2 Å². The number of nitrogens with one attached hydrogen (secondary N) is 2. The Balaban J connectivity index is 0.000000844. The number of benzene rings is 2. The lowest BCUT2D eigenvalue weighted by atomic mass is 10.1. The van der Waals surface area contributed by atoms with Crippen LogP contribution in [0, 0.1) is 18.7 Å². The third-order valence-corrected chi connectivity index (χ3v) is 5.56. The van der Waals surface area contributed by atoms with Gasteiger partial charge in [-0.3, -0.25) is 9.63 Å². The molecule has 0 radical (unpaired) electrons. The van der Waals surface area contributed by atoms with Crippen LogP contribution in [0.5, 0.6) is 0 Å². The van der Waals surface area contributed by atoms with E-state index >= 15 is 4.39 Å². The number of hydrogen-bond acceptors (Lipinski definition) is 6. The second-order valence-electron chi connectivity index (χ2n) is 7.60. The highest BCUT2D eigenvalue weighted by Gasteiger charge is 2.24. The van der Waals surface area contributed by atoms with E-state index in [0.717, 1.165) is 30.0 Å². The Labute approximate surface area is 221 Å². The molecule has 1 aliphatic rings. The van der Waals surface area contributed by atoms with Crippen molar-refractivity contribution in [3.8, 4) is 0 Å². The van der Waals surface area contributed by atoms with Crippen molar-refractivity contribution in [2.75, 3.05) is 25.6 Å². The molecule has 1 aromatic heterocycles. The molecule has 10 heteroatoms. The molecule has 1 saturated carbocycles. The quantitative estimate of drug-likeness (QED) is 0.272. The highest BCUT2D eigenvalue weighted by molar-refractivity contribution is 9.10. The fraction of sp³-hybridized carbons (Fsp3) is 0.462. The first-order chi connectivity index (χ1) is 17.4. The number of aromatic nitrogens is 2. The van der Waals surface area contributed by atoms with E-state index in [1.54, 1.807) is 23.9 Å². The van der Waals surface area contributed by atoms with Gasteiger partial charge in [-0.1, -0.05) is 29.8 Å². The highest BCUT2D eigenvalue weighted by atomic mass is 79.9. The fourth-order valence-corrected chi connectivity index (χ4v) is 3.65. The second-order valence-corrected chi connectivity index (χ2v) is 8.51. The average molecular weight is 570 g/mol. The predicted octanol–water partition coefficient (Wildman–Crippen LogP) is 5.71. The van der Waals surface area contributed by atoms with Crippen molar-refractivity contribution in [1.82, 2.24) is 15.0 Å². The number of halogens is 2. The Morgan fingerprint density at radius 3 is 2.44 bits per heavy atom. The molecule has 3 aromatic rings. The molecule has 8 nitrogen and oxygen atoms in total. The summed E-state index contributed by atoms with van der Waals surface area (Å²) in [5, 5.41) is 17.7. The number of carbonyl (C=O) groups is 1. The summed E-state index contributed by atoms with van der Waals surface area (Å²) in [5.74, 6) is -0.559. The molecule has 200 valence electrons. The van der Waals surface area contributed by atoms with E-state index in [0.29, 0.717) is 30.3 Å². The lowest BCUT2D eigenvalue weighted by Gasteiger charge is -2.16. The van der Waals surface area contributed by atoms with Crippen LogP contribution in [0.25, 0.3) is 11.0 Å². The molecule has 36 heavy (non-hydrogen) atoms. The van der Waals surface area contributed by atoms with Crippen LogP contribution in [0.15, 0.2) is 35.1 Å². The lowest BCUT2D eigenvalue weighted by molar-refractivity contribution is 0.0271. The van der Waals surface area contributed by atoms with E-state index in [2.05, 4.69) is 31.7 Å². The maximum absolute atomic E-state index is 15.4. The Bertz CT molecular complexity index is 1100. The largest absolute Gasteiger partial charge is 0.400 e. The molecule has 0 aliphatic heterocycles. The number of imidazole rings is 1. The summed E-state index contributed by atoms with van der Waals surface area (Å²) in [6.07, 6.45) is 3.80. The molecule has 0 bridgehead atoms. The number of hydrogen-bond donors (Lipinski definition) is 4. The van der Waals surface area contributed by atoms with Gasteiger partial charge < -0.3 is 20.1 Å². The number of amides is 1. The van der Waals surface area contributed by atoms with Gasteiger partial charge in [0.1, 0.15) is 5.52 Å². The zero-order valence-corrected chi connectivity index (χ0v) is 23.4. The van der Waals surface area contributed by atoms with E-state index in [1.165, 1.54) is 0 Å². The monoisotopic (exact) mass is 568 g/mol. The van der Waals surface area contributed by atoms with Gasteiger partial charge >= 0.3 is 0 Å². The summed E-state index contributed by atoms with van der Waals surface area (Å²) >= 11 is 3.43.